The minimum Gasteiger partial charge on any atom is -0.448 e. The van der Waals surface area contributed by atoms with Crippen LogP contribution in [0.25, 0.3) is 11.1 Å². The zero-order valence-corrected chi connectivity index (χ0v) is 15.0. The second-order valence-corrected chi connectivity index (χ2v) is 6.91. The molecular weight excluding hydrogens is 314 g/mol. The normalized spacial score (nSPS) is 14.1. The Bertz CT molecular complexity index is 711. The SMILES string of the molecule is CC(C)[C@H](CO)N(C)C(=O)OCC1c2ccccc2-c2ccccc21. The number of carbonyl (C=O) groups is 1. The quantitative estimate of drug-likeness (QED) is 0.899. The summed E-state index contributed by atoms with van der Waals surface area (Å²) in [6.07, 6.45) is -0.394. The average molecular weight is 339 g/mol. The maximum Gasteiger partial charge on any atom is 0.409 e. The highest BCUT2D eigenvalue weighted by atomic mass is 16.6. The van der Waals surface area contributed by atoms with Crippen molar-refractivity contribution in [3.05, 3.63) is 59.7 Å². The molecule has 0 unspecified atom stereocenters. The van der Waals surface area contributed by atoms with E-state index in [0.29, 0.717) is 6.61 Å². The number of benzene rings is 2. The lowest BCUT2D eigenvalue weighted by molar-refractivity contribution is 0.0660. The van der Waals surface area contributed by atoms with Crippen LogP contribution >= 0.6 is 0 Å². The zero-order valence-electron chi connectivity index (χ0n) is 15.0. The topological polar surface area (TPSA) is 49.8 Å². The van der Waals surface area contributed by atoms with Crippen LogP contribution in [0.15, 0.2) is 48.5 Å². The third-order valence-electron chi connectivity index (χ3n) is 5.08. The van der Waals surface area contributed by atoms with Gasteiger partial charge in [-0.2, -0.15) is 0 Å². The molecule has 25 heavy (non-hydrogen) atoms. The number of carbonyl (C=O) groups excluding carboxylic acids is 1. The van der Waals surface area contributed by atoms with Gasteiger partial charge in [-0.15, -0.1) is 0 Å². The van der Waals surface area contributed by atoms with Crippen molar-refractivity contribution in [2.24, 2.45) is 5.92 Å². The van der Waals surface area contributed by atoms with Gasteiger partial charge in [0.25, 0.3) is 0 Å². The number of hydrogen-bond acceptors (Lipinski definition) is 3. The van der Waals surface area contributed by atoms with E-state index in [-0.39, 0.29) is 24.5 Å². The predicted octanol–water partition coefficient (Wildman–Crippen LogP) is 3.88. The maximum absolute atomic E-state index is 12.4. The van der Waals surface area contributed by atoms with Gasteiger partial charge in [-0.3, -0.25) is 0 Å². The summed E-state index contributed by atoms with van der Waals surface area (Å²) in [6.45, 7) is 4.19. The number of hydrogen-bond donors (Lipinski definition) is 1. The first kappa shape index (κ1) is 17.5. The van der Waals surface area contributed by atoms with Crippen molar-refractivity contribution in [3.63, 3.8) is 0 Å². The molecule has 1 amide bonds. The molecule has 0 aromatic heterocycles. The summed E-state index contributed by atoms with van der Waals surface area (Å²) >= 11 is 0. The summed E-state index contributed by atoms with van der Waals surface area (Å²) in [7, 11) is 1.68. The number of amides is 1. The van der Waals surface area contributed by atoms with Crippen LogP contribution in [0.3, 0.4) is 0 Å². The summed E-state index contributed by atoms with van der Waals surface area (Å²) < 4.78 is 5.61. The number of ether oxygens (including phenoxy) is 1. The molecule has 4 heteroatoms. The predicted molar refractivity (Wildman–Crippen MR) is 98.5 cm³/mol. The highest BCUT2D eigenvalue weighted by molar-refractivity contribution is 5.79. The standard InChI is InChI=1S/C21H25NO3/c1-14(2)20(12-23)22(3)21(24)25-13-19-17-10-6-4-8-15(17)16-9-5-7-11-18(16)19/h4-11,14,19-20,23H,12-13H2,1-3H3/t20-/m0/s1. The van der Waals surface area contributed by atoms with Crippen LogP contribution in [0.2, 0.25) is 0 Å². The van der Waals surface area contributed by atoms with Gasteiger partial charge in [-0.25, -0.2) is 4.79 Å². The van der Waals surface area contributed by atoms with Crippen molar-refractivity contribution in [1.29, 1.82) is 0 Å². The molecule has 0 saturated carbocycles. The first-order chi connectivity index (χ1) is 12.0. The molecule has 0 bridgehead atoms. The molecular formula is C21H25NO3. The number of rotatable bonds is 5. The van der Waals surface area contributed by atoms with Crippen molar-refractivity contribution in [1.82, 2.24) is 4.90 Å². The highest BCUT2D eigenvalue weighted by Crippen LogP contribution is 2.44. The van der Waals surface area contributed by atoms with E-state index in [9.17, 15) is 9.90 Å². The lowest BCUT2D eigenvalue weighted by Gasteiger charge is -2.29. The Morgan fingerprint density at radius 1 is 1.08 bits per heavy atom. The fourth-order valence-electron chi connectivity index (χ4n) is 3.61. The Hall–Kier alpha value is -2.33. The Morgan fingerprint density at radius 2 is 1.60 bits per heavy atom. The van der Waals surface area contributed by atoms with E-state index in [2.05, 4.69) is 24.3 Å². The smallest absolute Gasteiger partial charge is 0.409 e. The van der Waals surface area contributed by atoms with Crippen LogP contribution in [0.4, 0.5) is 4.79 Å². The molecule has 0 radical (unpaired) electrons. The molecule has 0 fully saturated rings. The van der Waals surface area contributed by atoms with Gasteiger partial charge in [0.15, 0.2) is 0 Å². The van der Waals surface area contributed by atoms with Crippen molar-refractivity contribution < 1.29 is 14.6 Å². The molecule has 1 N–H and O–H groups in total. The minimum atomic E-state index is -0.394. The van der Waals surface area contributed by atoms with E-state index in [1.54, 1.807) is 7.05 Å². The molecule has 3 rings (SSSR count). The van der Waals surface area contributed by atoms with Crippen LogP contribution in [0, 0.1) is 5.92 Å². The number of likely N-dealkylation sites (N-methyl/N-ethyl adjacent to an activating group) is 1. The van der Waals surface area contributed by atoms with E-state index >= 15 is 0 Å². The number of fused-ring (bicyclic) bond motifs is 3. The first-order valence-electron chi connectivity index (χ1n) is 8.73. The molecule has 1 aliphatic carbocycles. The van der Waals surface area contributed by atoms with Gasteiger partial charge in [-0.1, -0.05) is 62.4 Å². The molecule has 1 atom stereocenters. The Kier molecular flexibility index (Phi) is 5.09. The van der Waals surface area contributed by atoms with E-state index < -0.39 is 6.09 Å². The summed E-state index contributed by atoms with van der Waals surface area (Å²) in [4.78, 5) is 13.9. The lowest BCUT2D eigenvalue weighted by atomic mass is 9.98. The van der Waals surface area contributed by atoms with Crippen LogP contribution in [0.1, 0.15) is 30.9 Å². The lowest BCUT2D eigenvalue weighted by Crippen LogP contribution is -2.43. The van der Waals surface area contributed by atoms with Crippen molar-refractivity contribution >= 4 is 6.09 Å². The van der Waals surface area contributed by atoms with E-state index in [0.717, 1.165) is 0 Å². The second kappa shape index (κ2) is 7.28. The monoisotopic (exact) mass is 339 g/mol. The van der Waals surface area contributed by atoms with Gasteiger partial charge in [-0.05, 0) is 28.2 Å². The van der Waals surface area contributed by atoms with Gasteiger partial charge in [0.05, 0.1) is 12.6 Å². The first-order valence-corrected chi connectivity index (χ1v) is 8.73. The van der Waals surface area contributed by atoms with Crippen LogP contribution in [-0.4, -0.2) is 42.4 Å². The Morgan fingerprint density at radius 3 is 2.08 bits per heavy atom. The van der Waals surface area contributed by atoms with Crippen LogP contribution in [-0.2, 0) is 4.74 Å². The molecule has 1 aliphatic rings. The van der Waals surface area contributed by atoms with Gasteiger partial charge in [0.1, 0.15) is 6.61 Å². The van der Waals surface area contributed by atoms with Gasteiger partial charge < -0.3 is 14.7 Å². The summed E-state index contributed by atoms with van der Waals surface area (Å²) in [6, 6.07) is 16.3. The highest BCUT2D eigenvalue weighted by Gasteiger charge is 2.30. The molecule has 0 aliphatic heterocycles. The Labute approximate surface area is 149 Å². The summed E-state index contributed by atoms with van der Waals surface area (Å²) in [5.74, 6) is 0.215. The average Bonchev–Trinajstić information content (AvgIpc) is 2.94. The van der Waals surface area contributed by atoms with Crippen LogP contribution in [0.5, 0.6) is 0 Å². The fraction of sp³-hybridized carbons (Fsp3) is 0.381. The molecule has 2 aromatic rings. The molecule has 0 spiro atoms. The molecule has 132 valence electrons. The van der Waals surface area contributed by atoms with E-state index in [4.69, 9.17) is 4.74 Å². The van der Waals surface area contributed by atoms with Crippen molar-refractivity contribution in [2.75, 3.05) is 20.3 Å². The molecule has 0 heterocycles. The maximum atomic E-state index is 12.4. The number of aliphatic hydroxyl groups is 1. The number of aliphatic hydroxyl groups excluding tert-OH is 1. The van der Waals surface area contributed by atoms with Gasteiger partial charge >= 0.3 is 6.09 Å². The molecule has 2 aromatic carbocycles. The summed E-state index contributed by atoms with van der Waals surface area (Å²) in [5, 5.41) is 9.51. The van der Waals surface area contributed by atoms with Gasteiger partial charge in [0, 0.05) is 13.0 Å². The molecule has 4 nitrogen and oxygen atoms in total. The Balaban J connectivity index is 1.76. The third-order valence-corrected chi connectivity index (χ3v) is 5.08. The summed E-state index contributed by atoms with van der Waals surface area (Å²) in [5.41, 5.74) is 4.81. The number of nitrogens with zero attached hydrogens (tertiary/aromatic N) is 1. The zero-order chi connectivity index (χ0) is 18.0. The van der Waals surface area contributed by atoms with Crippen molar-refractivity contribution in [3.8, 4) is 11.1 Å². The molecule has 0 saturated heterocycles. The fourth-order valence-corrected chi connectivity index (χ4v) is 3.61. The van der Waals surface area contributed by atoms with Crippen LogP contribution < -0.4 is 0 Å². The minimum absolute atomic E-state index is 0.0522. The van der Waals surface area contributed by atoms with E-state index in [1.165, 1.54) is 27.2 Å². The third kappa shape index (κ3) is 3.27. The second-order valence-electron chi connectivity index (χ2n) is 6.91. The largest absolute Gasteiger partial charge is 0.448 e. The van der Waals surface area contributed by atoms with E-state index in [1.807, 2.05) is 38.1 Å². The van der Waals surface area contributed by atoms with Crippen molar-refractivity contribution in [2.45, 2.75) is 25.8 Å². The van der Waals surface area contributed by atoms with Gasteiger partial charge in [0.2, 0.25) is 0 Å².